The lowest BCUT2D eigenvalue weighted by molar-refractivity contribution is -0.141. The van der Waals surface area contributed by atoms with Crippen LogP contribution in [0.5, 0.6) is 5.75 Å². The van der Waals surface area contributed by atoms with E-state index in [2.05, 4.69) is 9.88 Å². The number of para-hydroxylation sites is 1. The number of carbonyl (C=O) groups excluding carboxylic acids is 2. The number of nitrogens with zero attached hydrogens (tertiary/aromatic N) is 4. The summed E-state index contributed by atoms with van der Waals surface area (Å²) in [5.74, 6) is 1.12. The van der Waals surface area contributed by atoms with Crippen LogP contribution in [-0.4, -0.2) is 51.5 Å². The number of ether oxygens (including phenoxy) is 2. The Morgan fingerprint density at radius 3 is 2.51 bits per heavy atom. The van der Waals surface area contributed by atoms with Crippen molar-refractivity contribution in [1.82, 2.24) is 24.6 Å². The summed E-state index contributed by atoms with van der Waals surface area (Å²) in [6.07, 6.45) is 1.99. The molecule has 0 aliphatic carbocycles. The third-order valence-electron chi connectivity index (χ3n) is 6.47. The van der Waals surface area contributed by atoms with Gasteiger partial charge in [0.25, 0.3) is 0 Å². The molecule has 0 bridgehead atoms. The van der Waals surface area contributed by atoms with Crippen LogP contribution in [0, 0.1) is 6.92 Å². The highest BCUT2D eigenvalue weighted by molar-refractivity contribution is 5.81. The number of methoxy groups -OCH3 is 1. The van der Waals surface area contributed by atoms with Gasteiger partial charge in [-0.15, -0.1) is 0 Å². The molecule has 3 heterocycles. The number of hydrogen-bond acceptors (Lipinski definition) is 5. The molecule has 1 unspecified atom stereocenters. The Hall–Kier alpha value is -4.53. The normalized spacial score (nSPS) is 14.4. The maximum atomic E-state index is 13.6. The Morgan fingerprint density at radius 2 is 1.81 bits per heavy atom. The second-order valence-electron chi connectivity index (χ2n) is 8.71. The van der Waals surface area contributed by atoms with Gasteiger partial charge < -0.3 is 24.3 Å². The van der Waals surface area contributed by atoms with Gasteiger partial charge in [-0.2, -0.15) is 5.10 Å². The van der Waals surface area contributed by atoms with Crippen LogP contribution < -0.4 is 10.1 Å². The van der Waals surface area contributed by atoms with Crippen LogP contribution in [0.1, 0.15) is 35.5 Å². The molecular formula is C28H29N5O4. The lowest BCUT2D eigenvalue weighted by Crippen LogP contribution is -2.44. The van der Waals surface area contributed by atoms with Crippen LogP contribution in [0.4, 0.5) is 4.79 Å². The van der Waals surface area contributed by atoms with Crippen LogP contribution in [0.2, 0.25) is 0 Å². The predicted octanol–water partition coefficient (Wildman–Crippen LogP) is 4.16. The van der Waals surface area contributed by atoms with E-state index >= 15 is 0 Å². The van der Waals surface area contributed by atoms with Gasteiger partial charge in [0.15, 0.2) is 0 Å². The number of esters is 1. The molecule has 1 atom stereocenters. The van der Waals surface area contributed by atoms with Gasteiger partial charge in [-0.05, 0) is 55.8 Å². The van der Waals surface area contributed by atoms with Crippen molar-refractivity contribution in [2.75, 3.05) is 20.3 Å². The SMILES string of the molecule is CCOC(=O)CNC(=O)N1Cc2c(C)nn(-c3ccccc3)c2-n2cccc2C1c1ccc(OC)cc1. The van der Waals surface area contributed by atoms with E-state index in [4.69, 9.17) is 14.6 Å². The molecule has 0 fully saturated rings. The molecule has 5 rings (SSSR count). The summed E-state index contributed by atoms with van der Waals surface area (Å²) >= 11 is 0. The number of urea groups is 1. The molecule has 190 valence electrons. The summed E-state index contributed by atoms with van der Waals surface area (Å²) in [6.45, 7) is 4.01. The van der Waals surface area contributed by atoms with E-state index < -0.39 is 12.0 Å². The summed E-state index contributed by atoms with van der Waals surface area (Å²) in [6, 6.07) is 20.8. The van der Waals surface area contributed by atoms with E-state index in [1.54, 1.807) is 18.9 Å². The fraction of sp³-hybridized carbons (Fsp3) is 0.250. The fourth-order valence-electron chi connectivity index (χ4n) is 4.75. The summed E-state index contributed by atoms with van der Waals surface area (Å²) in [4.78, 5) is 27.4. The van der Waals surface area contributed by atoms with Crippen molar-refractivity contribution in [3.63, 3.8) is 0 Å². The number of fused-ring (bicyclic) bond motifs is 3. The van der Waals surface area contributed by atoms with Crippen LogP contribution in [0.3, 0.4) is 0 Å². The van der Waals surface area contributed by atoms with E-state index in [9.17, 15) is 9.59 Å². The van der Waals surface area contributed by atoms with Gasteiger partial charge in [0.05, 0.1) is 43.4 Å². The fourth-order valence-corrected chi connectivity index (χ4v) is 4.75. The minimum Gasteiger partial charge on any atom is -0.497 e. The Bertz CT molecular complexity index is 1410. The number of benzene rings is 2. The minimum absolute atomic E-state index is 0.214. The third-order valence-corrected chi connectivity index (χ3v) is 6.47. The van der Waals surface area contributed by atoms with Gasteiger partial charge in [-0.1, -0.05) is 30.3 Å². The van der Waals surface area contributed by atoms with Gasteiger partial charge in [-0.25, -0.2) is 9.48 Å². The number of aryl methyl sites for hydroxylation is 1. The maximum absolute atomic E-state index is 13.6. The summed E-state index contributed by atoms with van der Waals surface area (Å²) in [7, 11) is 1.62. The predicted molar refractivity (Wildman–Crippen MR) is 138 cm³/mol. The minimum atomic E-state index is -0.483. The molecule has 2 aromatic carbocycles. The van der Waals surface area contributed by atoms with Crippen molar-refractivity contribution in [2.24, 2.45) is 0 Å². The molecule has 9 heteroatoms. The first-order chi connectivity index (χ1) is 18.0. The Labute approximate surface area is 215 Å². The van der Waals surface area contributed by atoms with E-state index in [0.717, 1.165) is 39.8 Å². The second-order valence-corrected chi connectivity index (χ2v) is 8.71. The molecule has 37 heavy (non-hydrogen) atoms. The van der Waals surface area contributed by atoms with E-state index in [0.29, 0.717) is 6.54 Å². The number of carbonyl (C=O) groups is 2. The topological polar surface area (TPSA) is 90.6 Å². The maximum Gasteiger partial charge on any atom is 0.325 e. The van der Waals surface area contributed by atoms with Crippen LogP contribution in [-0.2, 0) is 16.1 Å². The summed E-state index contributed by atoms with van der Waals surface area (Å²) in [5.41, 5.74) is 4.47. The van der Waals surface area contributed by atoms with Crippen LogP contribution in [0.15, 0.2) is 72.9 Å². The standard InChI is InChI=1S/C28H29N5O4/c1-4-37-25(34)17-29-28(35)32-18-23-19(2)30-33(21-9-6-5-7-10-21)27(23)31-16-8-11-24(31)26(32)20-12-14-22(36-3)15-13-20/h5-16,26H,4,17-18H2,1-3H3,(H,29,35). The first-order valence-corrected chi connectivity index (χ1v) is 12.2. The van der Waals surface area contributed by atoms with E-state index in [1.165, 1.54) is 0 Å². The second kappa shape index (κ2) is 10.2. The highest BCUT2D eigenvalue weighted by Gasteiger charge is 2.36. The first kappa shape index (κ1) is 24.2. The molecule has 4 aromatic rings. The number of aromatic nitrogens is 3. The van der Waals surface area contributed by atoms with Crippen molar-refractivity contribution in [3.05, 3.63) is 95.4 Å². The number of amides is 2. The summed E-state index contributed by atoms with van der Waals surface area (Å²) < 4.78 is 14.4. The molecule has 9 nitrogen and oxygen atoms in total. The first-order valence-electron chi connectivity index (χ1n) is 12.2. The van der Waals surface area contributed by atoms with Gasteiger partial charge in [0.1, 0.15) is 18.1 Å². The smallest absolute Gasteiger partial charge is 0.325 e. The van der Waals surface area contributed by atoms with Crippen molar-refractivity contribution < 1.29 is 19.1 Å². The molecule has 0 radical (unpaired) electrons. The van der Waals surface area contributed by atoms with Crippen molar-refractivity contribution >= 4 is 12.0 Å². The van der Waals surface area contributed by atoms with Gasteiger partial charge in [-0.3, -0.25) is 4.79 Å². The highest BCUT2D eigenvalue weighted by Crippen LogP contribution is 2.38. The van der Waals surface area contributed by atoms with Gasteiger partial charge in [0.2, 0.25) is 0 Å². The number of rotatable bonds is 6. The largest absolute Gasteiger partial charge is 0.497 e. The molecule has 1 N–H and O–H groups in total. The molecule has 2 amide bonds. The number of nitrogens with one attached hydrogen (secondary N) is 1. The molecular weight excluding hydrogens is 470 g/mol. The molecule has 2 aromatic heterocycles. The monoisotopic (exact) mass is 499 g/mol. The van der Waals surface area contributed by atoms with Crippen LogP contribution >= 0.6 is 0 Å². The van der Waals surface area contributed by atoms with Crippen molar-refractivity contribution in [3.8, 4) is 17.3 Å². The van der Waals surface area contributed by atoms with Gasteiger partial charge in [0, 0.05) is 11.8 Å². The zero-order valence-electron chi connectivity index (χ0n) is 21.0. The van der Waals surface area contributed by atoms with Gasteiger partial charge >= 0.3 is 12.0 Å². The van der Waals surface area contributed by atoms with E-state index in [1.807, 2.05) is 84.5 Å². The average Bonchev–Trinajstić information content (AvgIpc) is 3.48. The zero-order chi connectivity index (χ0) is 25.9. The molecule has 1 aliphatic heterocycles. The lowest BCUT2D eigenvalue weighted by Gasteiger charge is -2.31. The summed E-state index contributed by atoms with van der Waals surface area (Å²) in [5, 5.41) is 7.59. The zero-order valence-corrected chi connectivity index (χ0v) is 21.0. The van der Waals surface area contributed by atoms with Crippen LogP contribution in [0.25, 0.3) is 11.5 Å². The average molecular weight is 500 g/mol. The van der Waals surface area contributed by atoms with Crippen molar-refractivity contribution in [1.29, 1.82) is 0 Å². The quantitative estimate of drug-likeness (QED) is 0.403. The van der Waals surface area contributed by atoms with E-state index in [-0.39, 0.29) is 19.2 Å². The number of hydrogen-bond donors (Lipinski definition) is 1. The Balaban J connectivity index is 1.64. The Kier molecular flexibility index (Phi) is 6.68. The molecule has 0 spiro atoms. The molecule has 1 aliphatic rings. The van der Waals surface area contributed by atoms with Crippen molar-refractivity contribution in [2.45, 2.75) is 26.4 Å². The molecule has 0 saturated carbocycles. The molecule has 0 saturated heterocycles. The third kappa shape index (κ3) is 4.55. The Morgan fingerprint density at radius 1 is 1.05 bits per heavy atom. The highest BCUT2D eigenvalue weighted by atomic mass is 16.5. The lowest BCUT2D eigenvalue weighted by atomic mass is 10.0.